The number of nitrogens with two attached hydrogens (primary N) is 1. The predicted molar refractivity (Wildman–Crippen MR) is 105 cm³/mol. The highest BCUT2D eigenvalue weighted by atomic mass is 16.5. The van der Waals surface area contributed by atoms with Crippen molar-refractivity contribution in [3.63, 3.8) is 0 Å². The highest BCUT2D eigenvalue weighted by Gasteiger charge is 2.15. The van der Waals surface area contributed by atoms with Gasteiger partial charge in [0.2, 0.25) is 0 Å². The van der Waals surface area contributed by atoms with Crippen molar-refractivity contribution in [1.29, 1.82) is 0 Å². The van der Waals surface area contributed by atoms with Gasteiger partial charge in [0, 0.05) is 11.1 Å². The van der Waals surface area contributed by atoms with Gasteiger partial charge in [0.05, 0.1) is 5.69 Å². The lowest BCUT2D eigenvalue weighted by Gasteiger charge is -2.12. The second-order valence-corrected chi connectivity index (χ2v) is 6.03. The van der Waals surface area contributed by atoms with E-state index in [1.807, 2.05) is 6.07 Å². The number of nitrogen functional groups attached to an aromatic ring is 1. The SMILES string of the molecule is Nc1c(OCc2ccc(OCC(=O)O)cc2)cccc1C(=O)c1ccccc1. The number of carboxylic acid groups (broad SMARTS) is 1. The van der Waals surface area contributed by atoms with Gasteiger partial charge in [-0.25, -0.2) is 4.79 Å². The zero-order valence-electron chi connectivity index (χ0n) is 15.0. The average Bonchev–Trinajstić information content (AvgIpc) is 2.72. The highest BCUT2D eigenvalue weighted by molar-refractivity contribution is 6.12. The molecule has 3 aromatic carbocycles. The number of carboxylic acids is 1. The van der Waals surface area contributed by atoms with E-state index in [-0.39, 0.29) is 18.1 Å². The van der Waals surface area contributed by atoms with E-state index >= 15 is 0 Å². The number of ketones is 1. The third-order valence-corrected chi connectivity index (χ3v) is 4.03. The average molecular weight is 377 g/mol. The summed E-state index contributed by atoms with van der Waals surface area (Å²) in [7, 11) is 0. The molecular formula is C22H19NO5. The molecule has 0 amide bonds. The molecule has 142 valence electrons. The lowest BCUT2D eigenvalue weighted by molar-refractivity contribution is -0.139. The van der Waals surface area contributed by atoms with Gasteiger partial charge in [0.25, 0.3) is 0 Å². The standard InChI is InChI=1S/C22H19NO5/c23-21-18(22(26)16-5-2-1-3-6-16)7-4-8-19(21)28-13-15-9-11-17(12-10-15)27-14-20(24)25/h1-12H,13-14,23H2,(H,24,25). The molecule has 0 spiro atoms. The highest BCUT2D eigenvalue weighted by Crippen LogP contribution is 2.28. The van der Waals surface area contributed by atoms with Crippen molar-refractivity contribution in [2.45, 2.75) is 6.61 Å². The molecule has 0 fully saturated rings. The molecule has 0 saturated heterocycles. The van der Waals surface area contributed by atoms with E-state index in [1.54, 1.807) is 66.7 Å². The van der Waals surface area contributed by atoms with Gasteiger partial charge in [-0.3, -0.25) is 4.79 Å². The predicted octanol–water partition coefficient (Wildman–Crippen LogP) is 3.54. The second-order valence-electron chi connectivity index (χ2n) is 6.03. The maximum Gasteiger partial charge on any atom is 0.341 e. The van der Waals surface area contributed by atoms with Crippen LogP contribution in [0.5, 0.6) is 11.5 Å². The molecule has 0 aliphatic heterocycles. The van der Waals surface area contributed by atoms with Gasteiger partial charge in [-0.1, -0.05) is 48.5 Å². The largest absolute Gasteiger partial charge is 0.487 e. The van der Waals surface area contributed by atoms with E-state index in [0.717, 1.165) is 5.56 Å². The summed E-state index contributed by atoms with van der Waals surface area (Å²) in [6, 6.07) is 20.9. The fourth-order valence-corrected chi connectivity index (χ4v) is 2.60. The first-order chi connectivity index (χ1) is 13.5. The minimum atomic E-state index is -1.03. The van der Waals surface area contributed by atoms with Gasteiger partial charge in [0.1, 0.15) is 18.1 Å². The topological polar surface area (TPSA) is 98.8 Å². The molecule has 0 aliphatic carbocycles. The molecule has 0 aliphatic rings. The molecule has 0 radical (unpaired) electrons. The Hall–Kier alpha value is -3.80. The van der Waals surface area contributed by atoms with Crippen LogP contribution in [0.15, 0.2) is 72.8 Å². The zero-order valence-corrected chi connectivity index (χ0v) is 15.0. The summed E-state index contributed by atoms with van der Waals surface area (Å²) in [6.07, 6.45) is 0. The first-order valence-electron chi connectivity index (χ1n) is 8.59. The molecule has 6 nitrogen and oxygen atoms in total. The molecule has 3 rings (SSSR count). The summed E-state index contributed by atoms with van der Waals surface area (Å²) < 4.78 is 10.9. The number of carbonyl (C=O) groups excluding carboxylic acids is 1. The molecular weight excluding hydrogens is 358 g/mol. The van der Waals surface area contributed by atoms with E-state index in [1.165, 1.54) is 0 Å². The maximum atomic E-state index is 12.6. The normalized spacial score (nSPS) is 10.3. The summed E-state index contributed by atoms with van der Waals surface area (Å²) >= 11 is 0. The van der Waals surface area contributed by atoms with Crippen LogP contribution in [-0.4, -0.2) is 23.5 Å². The van der Waals surface area contributed by atoms with Crippen molar-refractivity contribution in [2.24, 2.45) is 0 Å². The number of ether oxygens (including phenoxy) is 2. The molecule has 0 saturated carbocycles. The van der Waals surface area contributed by atoms with Gasteiger partial charge in [-0.2, -0.15) is 0 Å². The number of benzene rings is 3. The van der Waals surface area contributed by atoms with Crippen molar-refractivity contribution < 1.29 is 24.2 Å². The lowest BCUT2D eigenvalue weighted by atomic mass is 10.0. The van der Waals surface area contributed by atoms with Crippen LogP contribution in [0.1, 0.15) is 21.5 Å². The van der Waals surface area contributed by atoms with Crippen molar-refractivity contribution in [3.8, 4) is 11.5 Å². The fraction of sp³-hybridized carbons (Fsp3) is 0.0909. The van der Waals surface area contributed by atoms with Crippen LogP contribution in [0.25, 0.3) is 0 Å². The van der Waals surface area contributed by atoms with Crippen LogP contribution in [0.3, 0.4) is 0 Å². The van der Waals surface area contributed by atoms with Crippen LogP contribution in [0.4, 0.5) is 5.69 Å². The fourth-order valence-electron chi connectivity index (χ4n) is 2.60. The molecule has 0 bridgehead atoms. The number of hydrogen-bond acceptors (Lipinski definition) is 5. The zero-order chi connectivity index (χ0) is 19.9. The van der Waals surface area contributed by atoms with E-state index in [9.17, 15) is 9.59 Å². The molecule has 0 atom stereocenters. The van der Waals surface area contributed by atoms with Gasteiger partial charge >= 0.3 is 5.97 Å². The third kappa shape index (κ3) is 4.67. The lowest BCUT2D eigenvalue weighted by Crippen LogP contribution is -2.09. The summed E-state index contributed by atoms with van der Waals surface area (Å²) in [5, 5.41) is 8.62. The summed E-state index contributed by atoms with van der Waals surface area (Å²) in [5.41, 5.74) is 8.24. The summed E-state index contributed by atoms with van der Waals surface area (Å²) in [4.78, 5) is 23.2. The summed E-state index contributed by atoms with van der Waals surface area (Å²) in [5.74, 6) is -0.314. The number of hydrogen-bond donors (Lipinski definition) is 2. The molecule has 0 heterocycles. The molecule has 0 aromatic heterocycles. The number of carbonyl (C=O) groups is 2. The first kappa shape index (κ1) is 19.0. The Labute approximate surface area is 162 Å². The Morgan fingerprint density at radius 1 is 0.857 bits per heavy atom. The maximum absolute atomic E-state index is 12.6. The van der Waals surface area contributed by atoms with Crippen LogP contribution in [0, 0.1) is 0 Å². The van der Waals surface area contributed by atoms with Crippen LogP contribution < -0.4 is 15.2 Å². The van der Waals surface area contributed by atoms with Crippen LogP contribution in [0.2, 0.25) is 0 Å². The Morgan fingerprint density at radius 2 is 1.57 bits per heavy atom. The van der Waals surface area contributed by atoms with E-state index in [2.05, 4.69) is 0 Å². The second kappa shape index (κ2) is 8.73. The van der Waals surface area contributed by atoms with Crippen molar-refractivity contribution >= 4 is 17.4 Å². The molecule has 28 heavy (non-hydrogen) atoms. The molecule has 0 unspecified atom stereocenters. The minimum Gasteiger partial charge on any atom is -0.487 e. The molecule has 6 heteroatoms. The van der Waals surface area contributed by atoms with Crippen molar-refractivity contribution in [2.75, 3.05) is 12.3 Å². The van der Waals surface area contributed by atoms with E-state index in [0.29, 0.717) is 22.6 Å². The summed E-state index contributed by atoms with van der Waals surface area (Å²) in [6.45, 7) is -0.152. The Morgan fingerprint density at radius 3 is 2.25 bits per heavy atom. The van der Waals surface area contributed by atoms with Gasteiger partial charge in [-0.05, 0) is 29.8 Å². The van der Waals surface area contributed by atoms with Gasteiger partial charge in [0.15, 0.2) is 12.4 Å². The van der Waals surface area contributed by atoms with E-state index in [4.69, 9.17) is 20.3 Å². The van der Waals surface area contributed by atoms with E-state index < -0.39 is 12.6 Å². The molecule has 3 aromatic rings. The minimum absolute atomic E-state index is 0.163. The Balaban J connectivity index is 1.68. The Bertz CT molecular complexity index is 968. The third-order valence-electron chi connectivity index (χ3n) is 4.03. The molecule has 3 N–H and O–H groups in total. The van der Waals surface area contributed by atoms with Crippen molar-refractivity contribution in [3.05, 3.63) is 89.5 Å². The quantitative estimate of drug-likeness (QED) is 0.460. The Kier molecular flexibility index (Phi) is 5.91. The van der Waals surface area contributed by atoms with Crippen molar-refractivity contribution in [1.82, 2.24) is 0 Å². The number of aliphatic carboxylic acids is 1. The van der Waals surface area contributed by atoms with Crippen LogP contribution >= 0.6 is 0 Å². The first-order valence-corrected chi connectivity index (χ1v) is 8.59. The van der Waals surface area contributed by atoms with Gasteiger partial charge in [-0.15, -0.1) is 0 Å². The van der Waals surface area contributed by atoms with Gasteiger partial charge < -0.3 is 20.3 Å². The smallest absolute Gasteiger partial charge is 0.341 e. The number of rotatable bonds is 8. The number of para-hydroxylation sites is 1. The number of anilines is 1. The van der Waals surface area contributed by atoms with Crippen LogP contribution in [-0.2, 0) is 11.4 Å². The monoisotopic (exact) mass is 377 g/mol.